The largest absolute Gasteiger partial charge is 0.417 e. The summed E-state index contributed by atoms with van der Waals surface area (Å²) in [5.41, 5.74) is -0.0400. The highest BCUT2D eigenvalue weighted by molar-refractivity contribution is 7.89. The zero-order valence-corrected chi connectivity index (χ0v) is 19.8. The fraction of sp³-hybridized carbons (Fsp3) is 0.476. The van der Waals surface area contributed by atoms with E-state index >= 15 is 0 Å². The van der Waals surface area contributed by atoms with Gasteiger partial charge in [0.1, 0.15) is 0 Å². The summed E-state index contributed by atoms with van der Waals surface area (Å²) in [7, 11) is -8.11. The number of aryl methyl sites for hydroxylation is 1. The molecule has 12 heteroatoms. The maximum absolute atomic E-state index is 13.3. The smallest absolute Gasteiger partial charge is 0.266 e. The molecule has 0 amide bonds. The van der Waals surface area contributed by atoms with Gasteiger partial charge in [-0.2, -0.15) is 25.9 Å². The van der Waals surface area contributed by atoms with Crippen molar-refractivity contribution in [2.45, 2.75) is 55.0 Å². The Morgan fingerprint density at radius 1 is 1.09 bits per heavy atom. The highest BCUT2D eigenvalue weighted by Gasteiger charge is 2.34. The van der Waals surface area contributed by atoms with Crippen molar-refractivity contribution >= 4 is 20.1 Å². The van der Waals surface area contributed by atoms with Crippen molar-refractivity contribution in [3.05, 3.63) is 53.3 Å². The first-order chi connectivity index (χ1) is 15.4. The summed E-state index contributed by atoms with van der Waals surface area (Å²) in [5.74, 6) is -0.262. The Kier molecular flexibility index (Phi) is 7.52. The number of sulfonamides is 1. The van der Waals surface area contributed by atoms with E-state index in [1.54, 1.807) is 13.8 Å². The molecule has 1 saturated heterocycles. The molecule has 1 aromatic heterocycles. The molecular formula is C21H25F3N2O5S2. The van der Waals surface area contributed by atoms with Crippen LogP contribution in [0.15, 0.2) is 46.5 Å². The van der Waals surface area contributed by atoms with Gasteiger partial charge >= 0.3 is 6.18 Å². The normalized spacial score (nSPS) is 16.8. The Morgan fingerprint density at radius 3 is 2.36 bits per heavy atom. The highest BCUT2D eigenvalue weighted by atomic mass is 32.2. The number of piperidine rings is 1. The molecule has 0 saturated carbocycles. The summed E-state index contributed by atoms with van der Waals surface area (Å²) >= 11 is 0. The van der Waals surface area contributed by atoms with Gasteiger partial charge in [-0.15, -0.1) is 0 Å². The fourth-order valence-electron chi connectivity index (χ4n) is 3.68. The predicted molar refractivity (Wildman–Crippen MR) is 115 cm³/mol. The minimum absolute atomic E-state index is 0.0177. The van der Waals surface area contributed by atoms with Crippen LogP contribution in [-0.4, -0.2) is 45.8 Å². The minimum atomic E-state index is -4.50. The summed E-state index contributed by atoms with van der Waals surface area (Å²) in [6.07, 6.45) is -1.25. The summed E-state index contributed by atoms with van der Waals surface area (Å²) in [6, 6.07) is 4.86. The van der Waals surface area contributed by atoms with Gasteiger partial charge in [-0.3, -0.25) is 9.17 Å². The number of benzene rings is 1. The van der Waals surface area contributed by atoms with Crippen LogP contribution in [0.1, 0.15) is 48.8 Å². The van der Waals surface area contributed by atoms with E-state index in [-0.39, 0.29) is 35.4 Å². The van der Waals surface area contributed by atoms with E-state index in [1.807, 2.05) is 0 Å². The van der Waals surface area contributed by atoms with Crippen LogP contribution in [0.5, 0.6) is 0 Å². The van der Waals surface area contributed by atoms with Crippen molar-refractivity contribution in [2.24, 2.45) is 0 Å². The Balaban J connectivity index is 1.80. The van der Waals surface area contributed by atoms with Crippen LogP contribution in [0, 0.1) is 6.92 Å². The molecule has 0 bridgehead atoms. The molecule has 2 aromatic rings. The number of nitrogens with zero attached hydrogens (tertiary/aromatic N) is 2. The summed E-state index contributed by atoms with van der Waals surface area (Å²) < 4.78 is 96.3. The number of alkyl halides is 3. The molecule has 0 aliphatic carbocycles. The predicted octanol–water partition coefficient (Wildman–Crippen LogP) is 4.09. The third-order valence-electron chi connectivity index (χ3n) is 5.52. The van der Waals surface area contributed by atoms with Crippen molar-refractivity contribution in [1.29, 1.82) is 0 Å². The molecule has 0 N–H and O–H groups in total. The number of aromatic nitrogens is 1. The Labute approximate surface area is 191 Å². The van der Waals surface area contributed by atoms with Gasteiger partial charge in [-0.1, -0.05) is 13.0 Å². The Hall–Kier alpha value is -2.02. The van der Waals surface area contributed by atoms with E-state index in [2.05, 4.69) is 4.98 Å². The lowest BCUT2D eigenvalue weighted by Crippen LogP contribution is -2.38. The average molecular weight is 507 g/mol. The van der Waals surface area contributed by atoms with E-state index in [1.165, 1.54) is 22.6 Å². The summed E-state index contributed by atoms with van der Waals surface area (Å²) in [5, 5.41) is 0. The van der Waals surface area contributed by atoms with Crippen LogP contribution in [0.3, 0.4) is 0 Å². The van der Waals surface area contributed by atoms with Gasteiger partial charge in [-0.25, -0.2) is 8.42 Å². The second kappa shape index (κ2) is 9.69. The maximum atomic E-state index is 13.3. The Bertz CT molecular complexity index is 1210. The standard InChI is InChI=1S/C21H25F3N2O5S2/c1-3-10-31-33(29,30)19-5-4-15(2)20(12-19)32(27,28)26-8-6-16(7-9-26)17-11-18(14-25-13-17)21(22,23)24/h4-5,11-14,16H,3,6-10H2,1-2H3. The molecule has 1 aromatic carbocycles. The topological polar surface area (TPSA) is 93.6 Å². The van der Waals surface area contributed by atoms with Crippen molar-refractivity contribution in [2.75, 3.05) is 19.7 Å². The van der Waals surface area contributed by atoms with E-state index < -0.39 is 31.9 Å². The number of pyridine rings is 1. The van der Waals surface area contributed by atoms with Crippen molar-refractivity contribution in [3.8, 4) is 0 Å². The first-order valence-electron chi connectivity index (χ1n) is 10.4. The lowest BCUT2D eigenvalue weighted by molar-refractivity contribution is -0.137. The quantitative estimate of drug-likeness (QED) is 0.525. The zero-order chi connectivity index (χ0) is 24.4. The zero-order valence-electron chi connectivity index (χ0n) is 18.2. The van der Waals surface area contributed by atoms with Gasteiger partial charge in [-0.05, 0) is 61.4 Å². The van der Waals surface area contributed by atoms with Crippen LogP contribution >= 0.6 is 0 Å². The molecule has 0 radical (unpaired) electrons. The molecule has 2 heterocycles. The van der Waals surface area contributed by atoms with Gasteiger partial charge in [0.15, 0.2) is 0 Å². The second-order valence-corrected chi connectivity index (χ2v) is 11.4. The average Bonchev–Trinajstić information content (AvgIpc) is 2.77. The third kappa shape index (κ3) is 5.73. The molecule has 0 unspecified atom stereocenters. The van der Waals surface area contributed by atoms with Gasteiger partial charge < -0.3 is 0 Å². The molecule has 1 aliphatic heterocycles. The SMILES string of the molecule is CCCOS(=O)(=O)c1ccc(C)c(S(=O)(=O)N2CCC(c3cncc(C(F)(F)F)c3)CC2)c1. The summed E-state index contributed by atoms with van der Waals surface area (Å²) in [4.78, 5) is 3.30. The summed E-state index contributed by atoms with van der Waals surface area (Å²) in [6.45, 7) is 3.48. The number of halogens is 3. The van der Waals surface area contributed by atoms with E-state index in [0.717, 1.165) is 18.3 Å². The number of rotatable bonds is 7. The van der Waals surface area contributed by atoms with Crippen LogP contribution in [0.2, 0.25) is 0 Å². The number of hydrogen-bond donors (Lipinski definition) is 0. The first-order valence-corrected chi connectivity index (χ1v) is 13.2. The van der Waals surface area contributed by atoms with Crippen molar-refractivity contribution in [3.63, 3.8) is 0 Å². The van der Waals surface area contributed by atoms with Gasteiger partial charge in [0.05, 0.1) is 22.0 Å². The van der Waals surface area contributed by atoms with E-state index in [9.17, 15) is 30.0 Å². The first kappa shape index (κ1) is 25.6. The third-order valence-corrected chi connectivity index (χ3v) is 8.87. The van der Waals surface area contributed by atoms with E-state index in [0.29, 0.717) is 30.4 Å². The van der Waals surface area contributed by atoms with Gasteiger partial charge in [0.2, 0.25) is 10.0 Å². The van der Waals surface area contributed by atoms with Crippen LogP contribution in [0.25, 0.3) is 0 Å². The minimum Gasteiger partial charge on any atom is -0.266 e. The van der Waals surface area contributed by atoms with Gasteiger partial charge in [0.25, 0.3) is 10.1 Å². The maximum Gasteiger partial charge on any atom is 0.417 e. The van der Waals surface area contributed by atoms with Crippen LogP contribution in [-0.2, 0) is 30.5 Å². The fourth-order valence-corrected chi connectivity index (χ4v) is 6.49. The van der Waals surface area contributed by atoms with Crippen molar-refractivity contribution in [1.82, 2.24) is 9.29 Å². The lowest BCUT2D eigenvalue weighted by Gasteiger charge is -2.32. The molecule has 3 rings (SSSR count). The molecule has 7 nitrogen and oxygen atoms in total. The van der Waals surface area contributed by atoms with Crippen molar-refractivity contribution < 1.29 is 34.2 Å². The number of hydrogen-bond acceptors (Lipinski definition) is 6. The highest BCUT2D eigenvalue weighted by Crippen LogP contribution is 2.35. The molecule has 33 heavy (non-hydrogen) atoms. The molecule has 1 fully saturated rings. The molecular weight excluding hydrogens is 481 g/mol. The molecule has 182 valence electrons. The molecule has 0 atom stereocenters. The lowest BCUT2D eigenvalue weighted by atomic mass is 9.90. The van der Waals surface area contributed by atoms with Crippen LogP contribution < -0.4 is 0 Å². The van der Waals surface area contributed by atoms with E-state index in [4.69, 9.17) is 4.18 Å². The monoisotopic (exact) mass is 506 g/mol. The van der Waals surface area contributed by atoms with Crippen LogP contribution in [0.4, 0.5) is 13.2 Å². The van der Waals surface area contributed by atoms with Gasteiger partial charge in [0, 0.05) is 25.5 Å². The Morgan fingerprint density at radius 2 is 1.76 bits per heavy atom. The second-order valence-electron chi connectivity index (χ2n) is 7.89. The molecule has 1 aliphatic rings. The molecule has 0 spiro atoms.